The van der Waals surface area contributed by atoms with Crippen LogP contribution in [-0.4, -0.2) is 60.6 Å². The third kappa shape index (κ3) is 37.0. The normalized spacial score (nSPS) is 14.2. The van der Waals surface area contributed by atoms with Crippen molar-refractivity contribution in [1.29, 1.82) is 0 Å². The van der Waals surface area contributed by atoms with E-state index in [1.807, 2.05) is 104 Å². The average Bonchev–Trinajstić information content (AvgIpc) is 0.800. The van der Waals surface area contributed by atoms with Crippen molar-refractivity contribution in [2.75, 3.05) is 20.3 Å². The lowest BCUT2D eigenvalue weighted by atomic mass is 9.94. The Morgan fingerprint density at radius 1 is 0.313 bits per heavy atom. The molecule has 131 heavy (non-hydrogen) atoms. The average molecular weight is 1780 g/mol. The number of aromatic hydroxyl groups is 3. The first-order valence-corrected chi connectivity index (χ1v) is 48.4. The van der Waals surface area contributed by atoms with Crippen molar-refractivity contribution in [2.24, 2.45) is 10.8 Å². The summed E-state index contributed by atoms with van der Waals surface area (Å²) in [7, 11) is 1.68. The zero-order chi connectivity index (χ0) is 95.3. The lowest BCUT2D eigenvalue weighted by Gasteiger charge is -2.35. The summed E-state index contributed by atoms with van der Waals surface area (Å²) in [5.41, 5.74) is 14.9. The number of fused-ring (bicyclic) bond motifs is 1. The van der Waals surface area contributed by atoms with E-state index in [0.717, 1.165) is 95.9 Å². The molecule has 0 heterocycles. The Labute approximate surface area is 789 Å². The van der Waals surface area contributed by atoms with Crippen LogP contribution in [0.1, 0.15) is 308 Å². The van der Waals surface area contributed by atoms with Crippen molar-refractivity contribution in [1.82, 2.24) is 0 Å². The number of benzene rings is 12. The largest absolute Gasteiger partial charge is 0.508 e. The quantitative estimate of drug-likeness (QED) is 0.0268. The van der Waals surface area contributed by atoms with Gasteiger partial charge in [-0.1, -0.05) is 364 Å². The molecule has 11 nitrogen and oxygen atoms in total. The predicted molar refractivity (Wildman–Crippen MR) is 551 cm³/mol. The van der Waals surface area contributed by atoms with Gasteiger partial charge in [0.15, 0.2) is 6.29 Å². The number of phenolic OH excluding ortho intramolecular Hbond substituents is 3. The Morgan fingerprint density at radius 3 is 0.977 bits per heavy atom. The van der Waals surface area contributed by atoms with Crippen LogP contribution >= 0.6 is 0 Å². The molecule has 12 aromatic carbocycles. The lowest BCUT2D eigenvalue weighted by Crippen LogP contribution is -2.38. The SMILES string of the molecule is CCC(C)c1ccc(O)cc1.CCC(C)c1ccc(O)cc1.CCC(C)c1ccc(O)cc1.CCC(C)c1ccc(OC(C)OCCOc2c(-c3ccccc3)cccc2-c2ccccc2)cc1.CCC(C)c1ccc(OC(OC)C(C)(C)C)cc1.CCC(C)c1ccc(OC(OC2CCCCC2)C(C)(C)C)cc1.CCC(C)c1ccc(OCc2cccc3ccccc23)cc1. The van der Waals surface area contributed by atoms with Gasteiger partial charge in [-0.05, 0) is 257 Å². The van der Waals surface area contributed by atoms with Gasteiger partial charge in [0.1, 0.15) is 59.2 Å². The molecule has 0 amide bonds. The number of methoxy groups -OCH3 is 1. The smallest absolute Gasteiger partial charge is 0.204 e. The first kappa shape index (κ1) is 107. The molecule has 1 fully saturated rings. The van der Waals surface area contributed by atoms with E-state index >= 15 is 0 Å². The van der Waals surface area contributed by atoms with Crippen LogP contribution in [0.25, 0.3) is 33.0 Å². The molecular weight excluding hydrogens is 1620 g/mol. The molecule has 10 atom stereocenters. The zero-order valence-electron chi connectivity index (χ0n) is 83.3. The molecule has 0 saturated heterocycles. The van der Waals surface area contributed by atoms with Crippen LogP contribution in [0.4, 0.5) is 0 Å². The van der Waals surface area contributed by atoms with Crippen molar-refractivity contribution < 1.29 is 53.2 Å². The first-order valence-electron chi connectivity index (χ1n) is 48.4. The van der Waals surface area contributed by atoms with Crippen LogP contribution in [0.15, 0.2) is 291 Å². The van der Waals surface area contributed by atoms with Gasteiger partial charge >= 0.3 is 0 Å². The Hall–Kier alpha value is -10.8. The van der Waals surface area contributed by atoms with E-state index in [9.17, 15) is 0 Å². The number of ether oxygens (including phenoxy) is 8. The van der Waals surface area contributed by atoms with E-state index in [1.54, 1.807) is 43.5 Å². The second-order valence-electron chi connectivity index (χ2n) is 37.2. The Morgan fingerprint density at radius 2 is 0.626 bits per heavy atom. The molecule has 0 bridgehead atoms. The van der Waals surface area contributed by atoms with Crippen LogP contribution < -0.4 is 23.7 Å². The zero-order valence-corrected chi connectivity index (χ0v) is 83.3. The molecule has 3 N–H and O–H groups in total. The van der Waals surface area contributed by atoms with Gasteiger partial charge in [-0.15, -0.1) is 0 Å². The van der Waals surface area contributed by atoms with Gasteiger partial charge in [-0.25, -0.2) is 0 Å². The van der Waals surface area contributed by atoms with Crippen molar-refractivity contribution in [2.45, 2.75) is 295 Å². The minimum Gasteiger partial charge on any atom is -0.508 e. The summed E-state index contributed by atoms with van der Waals surface area (Å²) < 4.78 is 48.0. The number of rotatable bonds is 33. The van der Waals surface area contributed by atoms with Crippen LogP contribution in [0.3, 0.4) is 0 Å². The maximum absolute atomic E-state index is 9.01. The maximum Gasteiger partial charge on any atom is 0.204 e. The number of phenols is 3. The fraction of sp³-hybridized carbons (Fsp3) is 0.417. The van der Waals surface area contributed by atoms with Crippen LogP contribution in [0, 0.1) is 10.8 Å². The Balaban J connectivity index is 0.000000218. The highest BCUT2D eigenvalue weighted by molar-refractivity contribution is 5.86. The lowest BCUT2D eigenvalue weighted by molar-refractivity contribution is -0.177. The second-order valence-corrected chi connectivity index (χ2v) is 37.2. The van der Waals surface area contributed by atoms with Crippen molar-refractivity contribution >= 4 is 10.8 Å². The summed E-state index contributed by atoms with van der Waals surface area (Å²) in [5.74, 6) is 9.54. The molecule has 0 aromatic heterocycles. The third-order valence-corrected chi connectivity index (χ3v) is 24.9. The Bertz CT molecular complexity index is 4850. The second kappa shape index (κ2) is 56.8. The van der Waals surface area contributed by atoms with Crippen molar-refractivity contribution in [3.8, 4) is 68.2 Å². The molecule has 10 unspecified atom stereocenters. The molecule has 0 spiro atoms. The number of para-hydroxylation sites is 1. The minimum atomic E-state index is -0.369. The maximum atomic E-state index is 9.01. The van der Waals surface area contributed by atoms with Gasteiger partial charge in [-0.2, -0.15) is 0 Å². The fourth-order valence-electron chi connectivity index (χ4n) is 14.7. The monoisotopic (exact) mass is 1780 g/mol. The molecule has 1 aliphatic carbocycles. The van der Waals surface area contributed by atoms with Gasteiger partial charge < -0.3 is 53.2 Å². The van der Waals surface area contributed by atoms with Gasteiger partial charge in [0.2, 0.25) is 12.6 Å². The summed E-state index contributed by atoms with van der Waals surface area (Å²) in [5, 5.41) is 29.6. The van der Waals surface area contributed by atoms with Crippen molar-refractivity contribution in [3.63, 3.8) is 0 Å². The van der Waals surface area contributed by atoms with E-state index < -0.39 is 0 Å². The molecule has 12 aromatic rings. The molecule has 0 radical (unpaired) electrons. The van der Waals surface area contributed by atoms with E-state index in [4.69, 9.17) is 53.2 Å². The highest BCUT2D eigenvalue weighted by atomic mass is 16.7. The van der Waals surface area contributed by atoms with Gasteiger partial charge in [0.25, 0.3) is 0 Å². The predicted octanol–water partition coefficient (Wildman–Crippen LogP) is 33.9. The summed E-state index contributed by atoms with van der Waals surface area (Å²) >= 11 is 0. The van der Waals surface area contributed by atoms with Crippen LogP contribution in [0.5, 0.6) is 46.0 Å². The molecule has 11 heteroatoms. The van der Waals surface area contributed by atoms with E-state index in [-0.39, 0.29) is 29.7 Å². The molecule has 0 aliphatic heterocycles. The highest BCUT2D eigenvalue weighted by Crippen LogP contribution is 2.40. The van der Waals surface area contributed by atoms with Crippen LogP contribution in [-0.2, 0) is 20.8 Å². The van der Waals surface area contributed by atoms with Gasteiger partial charge in [-0.3, -0.25) is 0 Å². The topological polar surface area (TPSA) is 135 Å². The first-order chi connectivity index (χ1) is 62.9. The standard InChI is InChI=1S/C32H34O3.C21H34O2.C21H22O.C16H26O2.3C10H14O/c1-4-24(2)26-18-20-29(21-19-26)35-25(3)33-22-23-34-32-30(27-12-7-5-8-13-27)16-11-17-31(32)28-14-9-6-10-15-28;1-6-16(2)17-12-14-19(15-13-17)23-20(21(3,4)5)22-18-10-8-7-9-11-18;1-3-16(2)17-11-13-20(14-12-17)22-15-19-9-6-8-18-7-4-5-10-21(18)19;1-7-12(2)13-8-10-14(11-9-13)18-15(17-6)16(3,4)5;3*1-3-8(2)9-4-6-10(11)7-5-9/h5-21,24-25H,4,22-23H2,1-3H3;12-16,18,20H,6-11H2,1-5H3;4-14,16H,3,15H2,1-2H3;8-12,15H,7H2,1-6H3;3*4-8,11H,3H2,1-2H3. The number of hydrogen-bond donors (Lipinski definition) is 3. The molecule has 1 saturated carbocycles. The van der Waals surface area contributed by atoms with Crippen LogP contribution in [0.2, 0.25) is 0 Å². The third-order valence-electron chi connectivity index (χ3n) is 24.9. The van der Waals surface area contributed by atoms with Gasteiger partial charge in [0, 0.05) is 29.1 Å². The highest BCUT2D eigenvalue weighted by Gasteiger charge is 2.32. The minimum absolute atomic E-state index is 0.0349. The van der Waals surface area contributed by atoms with E-state index in [2.05, 4.69) is 296 Å². The van der Waals surface area contributed by atoms with E-state index in [1.165, 1.54) is 87.4 Å². The number of hydrogen-bond acceptors (Lipinski definition) is 11. The molecular formula is C120H158O11. The molecule has 1 aliphatic rings. The Kier molecular flexibility index (Phi) is 46.5. The summed E-state index contributed by atoms with van der Waals surface area (Å²) in [6.45, 7) is 47.1. The summed E-state index contributed by atoms with van der Waals surface area (Å²) in [6, 6.07) is 97.7. The van der Waals surface area contributed by atoms with Gasteiger partial charge in [0.05, 0.1) is 12.7 Å². The van der Waals surface area contributed by atoms with Crippen molar-refractivity contribution in [3.05, 3.63) is 336 Å². The fourth-order valence-corrected chi connectivity index (χ4v) is 14.7. The summed E-state index contributed by atoms with van der Waals surface area (Å²) in [4.78, 5) is 0. The molecule has 13 rings (SSSR count). The molecule has 704 valence electrons. The summed E-state index contributed by atoms with van der Waals surface area (Å²) in [6.07, 6.45) is 13.8. The van der Waals surface area contributed by atoms with E-state index in [0.29, 0.717) is 84.6 Å².